The third-order valence-electron chi connectivity index (χ3n) is 5.14. The van der Waals surface area contributed by atoms with Crippen molar-refractivity contribution in [3.05, 3.63) is 21.9 Å². The molecule has 5 nitrogen and oxygen atoms in total. The highest BCUT2D eigenvalue weighted by atomic mass is 32.1. The van der Waals surface area contributed by atoms with Crippen molar-refractivity contribution in [2.24, 2.45) is 5.41 Å². The minimum atomic E-state index is -0.877. The third kappa shape index (κ3) is 3.46. The van der Waals surface area contributed by atoms with Gasteiger partial charge in [0.2, 0.25) is 11.8 Å². The van der Waals surface area contributed by atoms with Gasteiger partial charge in [-0.1, -0.05) is 19.3 Å². The van der Waals surface area contributed by atoms with Gasteiger partial charge in [0.1, 0.15) is 5.41 Å². The number of hydrogen-bond donors (Lipinski definition) is 1. The fourth-order valence-electron chi connectivity index (χ4n) is 3.62. The smallest absolute Gasteiger partial charge is 0.240 e. The Kier molecular flexibility index (Phi) is 5.20. The highest BCUT2D eigenvalue weighted by Crippen LogP contribution is 2.35. The molecule has 2 amide bonds. The number of nitrogens with zero attached hydrogens (tertiary/aromatic N) is 2. The first-order chi connectivity index (χ1) is 11.6. The molecule has 0 unspecified atom stereocenters. The number of nitrogens with one attached hydrogen (secondary N) is 1. The minimum absolute atomic E-state index is 0.0711. The molecule has 0 radical (unpaired) electrons. The van der Waals surface area contributed by atoms with Crippen LogP contribution in [0.4, 0.5) is 0 Å². The average molecular weight is 345 g/mol. The van der Waals surface area contributed by atoms with E-state index in [-0.39, 0.29) is 11.8 Å². The van der Waals surface area contributed by atoms with E-state index in [4.69, 9.17) is 0 Å². The zero-order valence-corrected chi connectivity index (χ0v) is 14.7. The molecule has 1 aromatic heterocycles. The maximum atomic E-state index is 12.4. The van der Waals surface area contributed by atoms with Crippen LogP contribution < -0.4 is 5.32 Å². The molecular formula is C18H23N3O2S. The van der Waals surface area contributed by atoms with E-state index in [9.17, 15) is 14.9 Å². The van der Waals surface area contributed by atoms with Gasteiger partial charge in [0.25, 0.3) is 0 Å². The van der Waals surface area contributed by atoms with Crippen LogP contribution in [0, 0.1) is 16.7 Å². The van der Waals surface area contributed by atoms with E-state index in [0.717, 1.165) is 32.2 Å². The number of rotatable bonds is 4. The molecule has 2 aliphatic rings. The van der Waals surface area contributed by atoms with Crippen molar-refractivity contribution in [1.82, 2.24) is 10.2 Å². The summed E-state index contributed by atoms with van der Waals surface area (Å²) in [5, 5.41) is 14.3. The predicted octanol–water partition coefficient (Wildman–Crippen LogP) is 2.61. The van der Waals surface area contributed by atoms with Crippen LogP contribution in [0.3, 0.4) is 0 Å². The topological polar surface area (TPSA) is 73.2 Å². The summed E-state index contributed by atoms with van der Waals surface area (Å²) in [6.45, 7) is 1.74. The summed E-state index contributed by atoms with van der Waals surface area (Å²) in [7, 11) is 0. The second kappa shape index (κ2) is 7.35. The largest absolute Gasteiger partial charge is 0.354 e. The van der Waals surface area contributed by atoms with Gasteiger partial charge in [0, 0.05) is 30.9 Å². The van der Waals surface area contributed by atoms with E-state index in [1.54, 1.807) is 11.3 Å². The maximum Gasteiger partial charge on any atom is 0.240 e. The van der Waals surface area contributed by atoms with Crippen LogP contribution in [0.1, 0.15) is 49.0 Å². The predicted molar refractivity (Wildman–Crippen MR) is 92.2 cm³/mol. The van der Waals surface area contributed by atoms with Crippen molar-refractivity contribution in [3.63, 3.8) is 0 Å². The van der Waals surface area contributed by atoms with Crippen molar-refractivity contribution in [2.45, 2.75) is 51.5 Å². The zero-order chi connectivity index (χ0) is 17.0. The molecule has 6 heteroatoms. The summed E-state index contributed by atoms with van der Waals surface area (Å²) < 4.78 is 0. The SMILES string of the molecule is N#CC1(C(=O)NCCC(=O)N2CCc3sccc3C2)CCCCC1. The van der Waals surface area contributed by atoms with Gasteiger partial charge in [0.15, 0.2) is 0 Å². The van der Waals surface area contributed by atoms with Crippen molar-refractivity contribution >= 4 is 23.2 Å². The first kappa shape index (κ1) is 17.0. The molecule has 3 rings (SSSR count). The molecule has 1 N–H and O–H groups in total. The van der Waals surface area contributed by atoms with E-state index in [0.29, 0.717) is 32.4 Å². The molecule has 0 atom stereocenters. The summed E-state index contributed by atoms with van der Waals surface area (Å²) in [4.78, 5) is 28.0. The Hall–Kier alpha value is -1.87. The molecule has 1 saturated carbocycles. The standard InChI is InChI=1S/C18H23N3O2S/c19-13-18(7-2-1-3-8-18)17(23)20-9-4-16(22)21-10-5-15-14(12-21)6-11-24-15/h6,11H,1-5,7-10,12H2,(H,20,23). The van der Waals surface area contributed by atoms with Gasteiger partial charge in [-0.3, -0.25) is 9.59 Å². The van der Waals surface area contributed by atoms with Crippen LogP contribution in [0.15, 0.2) is 11.4 Å². The fourth-order valence-corrected chi connectivity index (χ4v) is 4.51. The number of amides is 2. The Morgan fingerprint density at radius 1 is 1.33 bits per heavy atom. The molecule has 0 bridgehead atoms. The first-order valence-electron chi connectivity index (χ1n) is 8.67. The molecular weight excluding hydrogens is 322 g/mol. The average Bonchev–Trinajstić information content (AvgIpc) is 3.09. The van der Waals surface area contributed by atoms with Gasteiger partial charge < -0.3 is 10.2 Å². The minimum Gasteiger partial charge on any atom is -0.354 e. The highest BCUT2D eigenvalue weighted by molar-refractivity contribution is 7.10. The van der Waals surface area contributed by atoms with Crippen LogP contribution in [0.2, 0.25) is 0 Å². The van der Waals surface area contributed by atoms with E-state index in [2.05, 4.69) is 22.8 Å². The van der Waals surface area contributed by atoms with Crippen molar-refractivity contribution in [1.29, 1.82) is 5.26 Å². The van der Waals surface area contributed by atoms with Gasteiger partial charge >= 0.3 is 0 Å². The van der Waals surface area contributed by atoms with E-state index in [1.807, 2.05) is 4.90 Å². The first-order valence-corrected chi connectivity index (χ1v) is 9.55. The number of carbonyl (C=O) groups excluding carboxylic acids is 2. The molecule has 1 aliphatic carbocycles. The number of fused-ring (bicyclic) bond motifs is 1. The Morgan fingerprint density at radius 2 is 2.12 bits per heavy atom. The Balaban J connectivity index is 1.47. The molecule has 2 heterocycles. The number of hydrogen-bond acceptors (Lipinski definition) is 4. The fraction of sp³-hybridized carbons (Fsp3) is 0.611. The summed E-state index contributed by atoms with van der Waals surface area (Å²) in [6.07, 6.45) is 5.43. The van der Waals surface area contributed by atoms with Gasteiger partial charge in [-0.25, -0.2) is 0 Å². The molecule has 0 saturated heterocycles. The van der Waals surface area contributed by atoms with E-state index < -0.39 is 5.41 Å². The lowest BCUT2D eigenvalue weighted by Crippen LogP contribution is -2.43. The Morgan fingerprint density at radius 3 is 2.88 bits per heavy atom. The maximum absolute atomic E-state index is 12.4. The van der Waals surface area contributed by atoms with Crippen molar-refractivity contribution in [2.75, 3.05) is 13.1 Å². The lowest BCUT2D eigenvalue weighted by atomic mass is 9.74. The van der Waals surface area contributed by atoms with Crippen LogP contribution >= 0.6 is 11.3 Å². The van der Waals surface area contributed by atoms with Gasteiger partial charge in [-0.2, -0.15) is 5.26 Å². The molecule has 0 aromatic carbocycles. The monoisotopic (exact) mass is 345 g/mol. The van der Waals surface area contributed by atoms with Gasteiger partial charge in [0.05, 0.1) is 6.07 Å². The molecule has 24 heavy (non-hydrogen) atoms. The number of carbonyl (C=O) groups is 2. The number of thiophene rings is 1. The third-order valence-corrected chi connectivity index (χ3v) is 6.16. The zero-order valence-electron chi connectivity index (χ0n) is 13.8. The quantitative estimate of drug-likeness (QED) is 0.911. The normalized spacial score (nSPS) is 19.2. The molecule has 128 valence electrons. The molecule has 1 aliphatic heterocycles. The van der Waals surface area contributed by atoms with Crippen LogP contribution in [-0.4, -0.2) is 29.8 Å². The van der Waals surface area contributed by atoms with Gasteiger partial charge in [-0.15, -0.1) is 11.3 Å². The van der Waals surface area contributed by atoms with E-state index >= 15 is 0 Å². The van der Waals surface area contributed by atoms with Crippen LogP contribution in [0.5, 0.6) is 0 Å². The second-order valence-electron chi connectivity index (χ2n) is 6.69. The Labute approximate surface area is 146 Å². The summed E-state index contributed by atoms with van der Waals surface area (Å²) >= 11 is 1.75. The second-order valence-corrected chi connectivity index (χ2v) is 7.70. The highest BCUT2D eigenvalue weighted by Gasteiger charge is 2.39. The summed E-state index contributed by atoms with van der Waals surface area (Å²) in [5.41, 5.74) is 0.368. The molecule has 1 fully saturated rings. The number of nitriles is 1. The van der Waals surface area contributed by atoms with Crippen molar-refractivity contribution in [3.8, 4) is 6.07 Å². The lowest BCUT2D eigenvalue weighted by molar-refractivity contribution is -0.132. The van der Waals surface area contributed by atoms with Crippen LogP contribution in [0.25, 0.3) is 0 Å². The lowest BCUT2D eigenvalue weighted by Gasteiger charge is -2.29. The Bertz CT molecular complexity index is 655. The molecule has 0 spiro atoms. The summed E-state index contributed by atoms with van der Waals surface area (Å²) in [5.74, 6) is -0.127. The van der Waals surface area contributed by atoms with Crippen LogP contribution in [-0.2, 0) is 22.6 Å². The van der Waals surface area contributed by atoms with Gasteiger partial charge in [-0.05, 0) is 36.3 Å². The van der Waals surface area contributed by atoms with Crippen molar-refractivity contribution < 1.29 is 9.59 Å². The molecule has 1 aromatic rings. The van der Waals surface area contributed by atoms with E-state index in [1.165, 1.54) is 10.4 Å². The summed E-state index contributed by atoms with van der Waals surface area (Å²) in [6, 6.07) is 4.30.